The van der Waals surface area contributed by atoms with Crippen molar-refractivity contribution in [2.24, 2.45) is 0 Å². The van der Waals surface area contributed by atoms with Crippen LogP contribution in [0.25, 0.3) is 0 Å². The summed E-state index contributed by atoms with van der Waals surface area (Å²) in [5.74, 6) is 2.62. The summed E-state index contributed by atoms with van der Waals surface area (Å²) in [5.41, 5.74) is 2.08. The fourth-order valence-corrected chi connectivity index (χ4v) is 5.09. The molecule has 51 heavy (non-hydrogen) atoms. The highest BCUT2D eigenvalue weighted by atomic mass is 16.6. The summed E-state index contributed by atoms with van der Waals surface area (Å²) in [7, 11) is 0. The van der Waals surface area contributed by atoms with Gasteiger partial charge in [-0.25, -0.2) is 0 Å². The van der Waals surface area contributed by atoms with Gasteiger partial charge in [-0.05, 0) is 35.4 Å². The highest BCUT2D eigenvalue weighted by Gasteiger charge is 2.18. The van der Waals surface area contributed by atoms with Crippen molar-refractivity contribution in [2.45, 2.75) is 13.1 Å². The molecular weight excluding hydrogens is 664 g/mol. The summed E-state index contributed by atoms with van der Waals surface area (Å²) in [6.07, 6.45) is 3.99. The first kappa shape index (κ1) is 38.9. The van der Waals surface area contributed by atoms with Gasteiger partial charge >= 0.3 is 0 Å². The Bertz CT molecular complexity index is 1170. The maximum Gasteiger partial charge on any atom is 0.208 e. The Kier molecular flexibility index (Phi) is 18.3. The molecule has 0 amide bonds. The Morgan fingerprint density at radius 2 is 0.627 bits per heavy atom. The SMILES string of the molecule is [C]1N(Cc2ccc3c(c2)OCCOCCOCCOCCOCCO3)C=CN1Cc1ccc2c(c1)OCCOCCOCCOCCOCCO2. The van der Waals surface area contributed by atoms with Gasteiger partial charge in [0.1, 0.15) is 26.4 Å². The summed E-state index contributed by atoms with van der Waals surface area (Å²) in [6, 6.07) is 11.9. The van der Waals surface area contributed by atoms with E-state index in [-0.39, 0.29) is 0 Å². The van der Waals surface area contributed by atoms with Crippen LogP contribution in [0.3, 0.4) is 0 Å². The third kappa shape index (κ3) is 15.4. The summed E-state index contributed by atoms with van der Waals surface area (Å²) in [6.45, 7) is 14.0. The summed E-state index contributed by atoms with van der Waals surface area (Å²) in [5, 5.41) is 0. The van der Waals surface area contributed by atoms with Crippen molar-refractivity contribution in [3.05, 3.63) is 66.6 Å². The molecule has 3 heterocycles. The van der Waals surface area contributed by atoms with Gasteiger partial charge in [-0.3, -0.25) is 0 Å². The van der Waals surface area contributed by atoms with Crippen molar-refractivity contribution in [1.29, 1.82) is 0 Å². The van der Waals surface area contributed by atoms with Gasteiger partial charge in [0.05, 0.1) is 106 Å². The molecule has 5 rings (SSSR count). The molecule has 282 valence electrons. The molecule has 2 radical (unpaired) electrons. The summed E-state index contributed by atoms with van der Waals surface area (Å²) in [4.78, 5) is 4.01. The Balaban J connectivity index is 1.12. The van der Waals surface area contributed by atoms with Crippen LogP contribution in [0.15, 0.2) is 48.8 Å². The smallest absolute Gasteiger partial charge is 0.208 e. The van der Waals surface area contributed by atoms with Gasteiger partial charge in [0.2, 0.25) is 6.67 Å². The second-order valence-electron chi connectivity index (χ2n) is 11.5. The number of benzene rings is 2. The predicted octanol–water partition coefficient (Wildman–Crippen LogP) is 3.15. The van der Waals surface area contributed by atoms with Crippen molar-refractivity contribution >= 4 is 0 Å². The van der Waals surface area contributed by atoms with Crippen LogP contribution in [0.4, 0.5) is 0 Å². The maximum atomic E-state index is 6.09. The molecule has 0 saturated carbocycles. The molecule has 0 bridgehead atoms. The van der Waals surface area contributed by atoms with Crippen LogP contribution in [-0.4, -0.2) is 142 Å². The monoisotopic (exact) mass is 716 g/mol. The van der Waals surface area contributed by atoms with Gasteiger partial charge in [-0.15, -0.1) is 0 Å². The van der Waals surface area contributed by atoms with Gasteiger partial charge in [0.25, 0.3) is 0 Å². The largest absolute Gasteiger partial charge is 0.487 e. The van der Waals surface area contributed by atoms with Crippen LogP contribution in [0, 0.1) is 6.67 Å². The molecule has 2 aromatic rings. The Hall–Kier alpha value is -3.34. The number of rotatable bonds is 4. The fourth-order valence-electron chi connectivity index (χ4n) is 5.09. The van der Waals surface area contributed by atoms with E-state index in [9.17, 15) is 0 Å². The third-order valence-electron chi connectivity index (χ3n) is 7.58. The van der Waals surface area contributed by atoms with Gasteiger partial charge < -0.3 is 66.6 Å². The minimum atomic E-state index is 0.385. The molecule has 0 spiro atoms. The molecule has 14 heteroatoms. The lowest BCUT2D eigenvalue weighted by atomic mass is 10.2. The van der Waals surface area contributed by atoms with E-state index in [4.69, 9.17) is 56.8 Å². The van der Waals surface area contributed by atoms with E-state index in [0.29, 0.717) is 168 Å². The number of hydrogen-bond donors (Lipinski definition) is 0. The first-order valence-corrected chi connectivity index (χ1v) is 17.7. The molecule has 0 N–H and O–H groups in total. The van der Waals surface area contributed by atoms with E-state index in [1.165, 1.54) is 0 Å². The van der Waals surface area contributed by atoms with Crippen LogP contribution in [-0.2, 0) is 51.0 Å². The fraction of sp³-hybridized carbons (Fsp3) is 0.595. The van der Waals surface area contributed by atoms with Gasteiger partial charge in [0.15, 0.2) is 23.0 Å². The minimum Gasteiger partial charge on any atom is -0.487 e. The highest BCUT2D eigenvalue weighted by Crippen LogP contribution is 2.32. The first-order valence-electron chi connectivity index (χ1n) is 17.7. The van der Waals surface area contributed by atoms with Crippen LogP contribution < -0.4 is 18.9 Å². The molecular formula is C37H52N2O12. The molecule has 0 atom stereocenters. The first-order chi connectivity index (χ1) is 25.3. The van der Waals surface area contributed by atoms with Crippen LogP contribution in [0.2, 0.25) is 0 Å². The van der Waals surface area contributed by atoms with E-state index >= 15 is 0 Å². The van der Waals surface area contributed by atoms with E-state index in [0.717, 1.165) is 11.1 Å². The van der Waals surface area contributed by atoms with Crippen LogP contribution in [0.5, 0.6) is 23.0 Å². The standard InChI is InChI=1S/C37H52N2O12/c1-3-34-36(50-25-21-46-17-13-42-9-7-40-11-15-44-19-23-48-34)27-32(1)29-38-5-6-39(31-38)30-33-2-4-35-37(28-33)51-26-22-47-18-14-43-10-8-41-12-16-45-20-24-49-35/h1-6,27-28H,7-26,29-30H2. The van der Waals surface area contributed by atoms with E-state index < -0.39 is 0 Å². The third-order valence-corrected chi connectivity index (χ3v) is 7.58. The molecule has 0 aromatic heterocycles. The lowest BCUT2D eigenvalue weighted by molar-refractivity contribution is -0.00842. The zero-order valence-electron chi connectivity index (χ0n) is 29.5. The molecule has 3 aliphatic heterocycles. The molecule has 0 aliphatic carbocycles. The second-order valence-corrected chi connectivity index (χ2v) is 11.5. The van der Waals surface area contributed by atoms with Gasteiger partial charge in [-0.2, -0.15) is 0 Å². The zero-order chi connectivity index (χ0) is 35.0. The molecule has 0 saturated heterocycles. The topological polar surface area (TPSA) is 117 Å². The van der Waals surface area contributed by atoms with Gasteiger partial charge in [0, 0.05) is 25.5 Å². The van der Waals surface area contributed by atoms with Crippen molar-refractivity contribution in [3.63, 3.8) is 0 Å². The number of hydrogen-bond acceptors (Lipinski definition) is 14. The summed E-state index contributed by atoms with van der Waals surface area (Å²) >= 11 is 0. The molecule has 3 aliphatic rings. The normalized spacial score (nSPS) is 20.5. The Labute approximate surface area is 301 Å². The lowest BCUT2D eigenvalue weighted by Crippen LogP contribution is -2.19. The van der Waals surface area contributed by atoms with E-state index in [1.807, 2.05) is 58.6 Å². The lowest BCUT2D eigenvalue weighted by Gasteiger charge is -2.21. The number of nitrogens with zero attached hydrogens (tertiary/aromatic N) is 2. The molecule has 0 fully saturated rings. The van der Waals surface area contributed by atoms with Crippen molar-refractivity contribution in [3.8, 4) is 23.0 Å². The van der Waals surface area contributed by atoms with Crippen molar-refractivity contribution in [2.75, 3.05) is 132 Å². The zero-order valence-corrected chi connectivity index (χ0v) is 29.5. The number of fused-ring (bicyclic) bond motifs is 2. The second kappa shape index (κ2) is 24.0. The molecule has 0 unspecified atom stereocenters. The van der Waals surface area contributed by atoms with Gasteiger partial charge in [-0.1, -0.05) is 12.1 Å². The van der Waals surface area contributed by atoms with Crippen molar-refractivity contribution in [1.82, 2.24) is 9.80 Å². The quantitative estimate of drug-likeness (QED) is 0.461. The van der Waals surface area contributed by atoms with Crippen LogP contribution >= 0.6 is 0 Å². The van der Waals surface area contributed by atoms with Crippen LogP contribution in [0.1, 0.15) is 11.1 Å². The minimum absolute atomic E-state index is 0.385. The molecule has 2 aromatic carbocycles. The number of ether oxygens (including phenoxy) is 12. The Morgan fingerprint density at radius 1 is 0.353 bits per heavy atom. The molecule has 14 nitrogen and oxygen atoms in total. The highest BCUT2D eigenvalue weighted by molar-refractivity contribution is 5.44. The average molecular weight is 717 g/mol. The van der Waals surface area contributed by atoms with E-state index in [2.05, 4.69) is 6.67 Å². The average Bonchev–Trinajstić information content (AvgIpc) is 3.58. The summed E-state index contributed by atoms with van der Waals surface area (Å²) < 4.78 is 68.8. The maximum absolute atomic E-state index is 6.09. The predicted molar refractivity (Wildman–Crippen MR) is 185 cm³/mol. The van der Waals surface area contributed by atoms with E-state index in [1.54, 1.807) is 0 Å². The van der Waals surface area contributed by atoms with Crippen molar-refractivity contribution < 1.29 is 56.8 Å². The Morgan fingerprint density at radius 3 is 0.941 bits per heavy atom.